The lowest BCUT2D eigenvalue weighted by atomic mass is 10.2. The van der Waals surface area contributed by atoms with Gasteiger partial charge in [0.25, 0.3) is 5.91 Å². The SMILES string of the molecule is Cc1ccc(-c2ccc(S(=O)(=O)N3CCN(c4ncc(C(=O)NO)s4)CC3)cc2)[nH]1. The Hall–Kier alpha value is -2.73. The Labute approximate surface area is 178 Å². The van der Waals surface area contributed by atoms with Crippen LogP contribution in [0.4, 0.5) is 5.13 Å². The molecule has 158 valence electrons. The Kier molecular flexibility index (Phi) is 5.60. The monoisotopic (exact) mass is 447 g/mol. The van der Waals surface area contributed by atoms with Crippen LogP contribution < -0.4 is 10.4 Å². The molecule has 1 aliphatic heterocycles. The number of aryl methyl sites for hydroxylation is 1. The third-order valence-electron chi connectivity index (χ3n) is 4.96. The van der Waals surface area contributed by atoms with Crippen molar-refractivity contribution in [1.82, 2.24) is 19.8 Å². The molecule has 0 radical (unpaired) electrons. The van der Waals surface area contributed by atoms with Gasteiger partial charge in [-0.05, 0) is 36.8 Å². The van der Waals surface area contributed by atoms with Crippen molar-refractivity contribution in [2.24, 2.45) is 0 Å². The lowest BCUT2D eigenvalue weighted by Gasteiger charge is -2.33. The van der Waals surface area contributed by atoms with E-state index in [4.69, 9.17) is 5.21 Å². The predicted molar refractivity (Wildman–Crippen MR) is 113 cm³/mol. The van der Waals surface area contributed by atoms with Gasteiger partial charge in [0.1, 0.15) is 4.88 Å². The summed E-state index contributed by atoms with van der Waals surface area (Å²) in [6, 6.07) is 10.8. The first kappa shape index (κ1) is 20.5. The first-order chi connectivity index (χ1) is 14.4. The standard InChI is InChI=1S/C19H21N5O4S2/c1-13-2-7-16(21-13)14-3-5-15(6-4-14)30(27,28)24-10-8-23(9-11-24)19-20-12-17(29-19)18(25)22-26/h2-7,12,21,26H,8-11H2,1H3,(H,22,25). The minimum atomic E-state index is -3.59. The van der Waals surface area contributed by atoms with E-state index in [9.17, 15) is 13.2 Å². The van der Waals surface area contributed by atoms with E-state index in [1.54, 1.807) is 29.7 Å². The molecule has 9 nitrogen and oxygen atoms in total. The summed E-state index contributed by atoms with van der Waals surface area (Å²) < 4.78 is 27.5. The van der Waals surface area contributed by atoms with Crippen LogP contribution in [0.1, 0.15) is 15.4 Å². The molecule has 30 heavy (non-hydrogen) atoms. The topological polar surface area (TPSA) is 119 Å². The summed E-state index contributed by atoms with van der Waals surface area (Å²) >= 11 is 1.15. The fourth-order valence-corrected chi connectivity index (χ4v) is 5.60. The molecule has 0 aliphatic carbocycles. The molecule has 1 amide bonds. The normalized spacial score (nSPS) is 15.3. The number of amides is 1. The summed E-state index contributed by atoms with van der Waals surface area (Å²) in [6.45, 7) is 3.54. The van der Waals surface area contributed by atoms with Crippen LogP contribution in [0.2, 0.25) is 0 Å². The number of piperazine rings is 1. The van der Waals surface area contributed by atoms with Crippen molar-refractivity contribution in [2.75, 3.05) is 31.1 Å². The van der Waals surface area contributed by atoms with Crippen LogP contribution in [0.15, 0.2) is 47.5 Å². The Bertz CT molecular complexity index is 1150. The number of hydroxylamine groups is 1. The maximum absolute atomic E-state index is 13.0. The smallest absolute Gasteiger partial charge is 0.286 e. The van der Waals surface area contributed by atoms with Gasteiger partial charge >= 0.3 is 0 Å². The second-order valence-electron chi connectivity index (χ2n) is 6.92. The first-order valence-corrected chi connectivity index (χ1v) is 11.6. The molecule has 3 heterocycles. The van der Waals surface area contributed by atoms with E-state index in [-0.39, 0.29) is 4.90 Å². The summed E-state index contributed by atoms with van der Waals surface area (Å²) in [5.74, 6) is -0.613. The molecule has 3 N–H and O–H groups in total. The van der Waals surface area contributed by atoms with E-state index in [0.717, 1.165) is 28.3 Å². The van der Waals surface area contributed by atoms with Crippen molar-refractivity contribution < 1.29 is 18.4 Å². The second-order valence-corrected chi connectivity index (χ2v) is 9.87. The van der Waals surface area contributed by atoms with E-state index in [1.165, 1.54) is 10.5 Å². The third kappa shape index (κ3) is 3.97. The number of rotatable bonds is 5. The highest BCUT2D eigenvalue weighted by Gasteiger charge is 2.29. The van der Waals surface area contributed by atoms with Crippen molar-refractivity contribution in [2.45, 2.75) is 11.8 Å². The maximum Gasteiger partial charge on any atom is 0.286 e. The molecule has 1 saturated heterocycles. The zero-order valence-corrected chi connectivity index (χ0v) is 17.8. The molecule has 1 fully saturated rings. The number of aromatic nitrogens is 2. The number of hydrogen-bond acceptors (Lipinski definition) is 7. The van der Waals surface area contributed by atoms with Crippen LogP contribution in [-0.2, 0) is 10.0 Å². The van der Waals surface area contributed by atoms with Gasteiger partial charge in [0.05, 0.1) is 11.1 Å². The Balaban J connectivity index is 1.43. The van der Waals surface area contributed by atoms with Gasteiger partial charge < -0.3 is 9.88 Å². The number of anilines is 1. The number of nitrogens with zero attached hydrogens (tertiary/aromatic N) is 3. The number of hydrogen-bond donors (Lipinski definition) is 3. The van der Waals surface area contributed by atoms with E-state index >= 15 is 0 Å². The summed E-state index contributed by atoms with van der Waals surface area (Å²) in [6.07, 6.45) is 1.39. The van der Waals surface area contributed by atoms with E-state index in [1.807, 2.05) is 24.0 Å². The summed E-state index contributed by atoms with van der Waals surface area (Å²) in [5, 5.41) is 9.34. The minimum absolute atomic E-state index is 0.263. The summed E-state index contributed by atoms with van der Waals surface area (Å²) in [7, 11) is -3.59. The van der Waals surface area contributed by atoms with Gasteiger partial charge in [0.15, 0.2) is 5.13 Å². The summed E-state index contributed by atoms with van der Waals surface area (Å²) in [4.78, 5) is 21.4. The average Bonchev–Trinajstić information content (AvgIpc) is 3.43. The van der Waals surface area contributed by atoms with E-state index in [2.05, 4.69) is 9.97 Å². The van der Waals surface area contributed by atoms with Crippen LogP contribution in [0.5, 0.6) is 0 Å². The molecule has 3 aromatic rings. The van der Waals surface area contributed by atoms with Gasteiger partial charge in [-0.2, -0.15) is 4.31 Å². The van der Waals surface area contributed by atoms with Crippen molar-refractivity contribution in [3.63, 3.8) is 0 Å². The molecule has 0 unspecified atom stereocenters. The number of benzene rings is 1. The number of carbonyl (C=O) groups excluding carboxylic acids is 1. The number of sulfonamides is 1. The Morgan fingerprint density at radius 3 is 2.43 bits per heavy atom. The van der Waals surface area contributed by atoms with Gasteiger partial charge in [0, 0.05) is 37.6 Å². The van der Waals surface area contributed by atoms with Gasteiger partial charge in [-0.25, -0.2) is 18.9 Å². The Morgan fingerprint density at radius 2 is 1.83 bits per heavy atom. The predicted octanol–water partition coefficient (Wildman–Crippen LogP) is 2.08. The molecule has 1 aromatic carbocycles. The van der Waals surface area contributed by atoms with Crippen molar-refractivity contribution in [3.05, 3.63) is 53.2 Å². The van der Waals surface area contributed by atoms with Crippen molar-refractivity contribution >= 4 is 32.4 Å². The average molecular weight is 448 g/mol. The van der Waals surface area contributed by atoms with Crippen LogP contribution in [-0.4, -0.2) is 60.0 Å². The van der Waals surface area contributed by atoms with Crippen molar-refractivity contribution in [1.29, 1.82) is 0 Å². The fraction of sp³-hybridized carbons (Fsp3) is 0.263. The van der Waals surface area contributed by atoms with Gasteiger partial charge in [-0.1, -0.05) is 23.5 Å². The molecule has 0 saturated carbocycles. The lowest BCUT2D eigenvalue weighted by molar-refractivity contribution is 0.0710. The molecule has 0 atom stereocenters. The molecule has 0 spiro atoms. The number of aromatic amines is 1. The molecular formula is C19H21N5O4S2. The molecule has 11 heteroatoms. The Morgan fingerprint density at radius 1 is 1.13 bits per heavy atom. The fourth-order valence-electron chi connectivity index (χ4n) is 3.32. The molecule has 1 aliphatic rings. The highest BCUT2D eigenvalue weighted by Crippen LogP contribution is 2.26. The quantitative estimate of drug-likeness (QED) is 0.407. The third-order valence-corrected chi connectivity index (χ3v) is 7.93. The number of nitrogens with one attached hydrogen (secondary N) is 2. The largest absolute Gasteiger partial charge is 0.359 e. The van der Waals surface area contributed by atoms with Crippen LogP contribution in [0, 0.1) is 6.92 Å². The zero-order valence-electron chi connectivity index (χ0n) is 16.2. The number of carbonyl (C=O) groups is 1. The van der Waals surface area contributed by atoms with Crippen molar-refractivity contribution in [3.8, 4) is 11.3 Å². The van der Waals surface area contributed by atoms with Crippen LogP contribution >= 0.6 is 11.3 Å². The molecule has 2 aromatic heterocycles. The minimum Gasteiger partial charge on any atom is -0.359 e. The number of thiazole rings is 1. The molecule has 0 bridgehead atoms. The highest BCUT2D eigenvalue weighted by atomic mass is 32.2. The zero-order chi connectivity index (χ0) is 21.3. The summed E-state index contributed by atoms with van der Waals surface area (Å²) in [5.41, 5.74) is 4.50. The lowest BCUT2D eigenvalue weighted by Crippen LogP contribution is -2.48. The second kappa shape index (κ2) is 8.19. The first-order valence-electron chi connectivity index (χ1n) is 9.30. The van der Waals surface area contributed by atoms with Crippen LogP contribution in [0.3, 0.4) is 0 Å². The van der Waals surface area contributed by atoms with E-state index < -0.39 is 15.9 Å². The van der Waals surface area contributed by atoms with Gasteiger partial charge in [-0.15, -0.1) is 0 Å². The molecular weight excluding hydrogens is 426 g/mol. The molecule has 4 rings (SSSR count). The maximum atomic E-state index is 13.0. The highest BCUT2D eigenvalue weighted by molar-refractivity contribution is 7.89. The van der Waals surface area contributed by atoms with E-state index in [0.29, 0.717) is 36.2 Å². The number of H-pyrrole nitrogens is 1. The van der Waals surface area contributed by atoms with Crippen LogP contribution in [0.25, 0.3) is 11.3 Å². The van der Waals surface area contributed by atoms with Gasteiger partial charge in [0.2, 0.25) is 10.0 Å². The van der Waals surface area contributed by atoms with Gasteiger partial charge in [-0.3, -0.25) is 10.0 Å².